The number of aromatic nitrogens is 2. The number of carbonyl (C=O) groups excluding carboxylic acids is 3. The Hall–Kier alpha value is -5.96. The number of hydrogen-bond donors (Lipinski definition) is 4. The quantitative estimate of drug-likeness (QED) is 0.0232. The number of ketones is 1. The molecule has 0 unspecified atom stereocenters. The van der Waals surface area contributed by atoms with E-state index in [1.165, 1.54) is 38.5 Å². The van der Waals surface area contributed by atoms with Crippen LogP contribution in [0.4, 0.5) is 0 Å². The maximum Gasteiger partial charge on any atom is 0.307 e. The van der Waals surface area contributed by atoms with Gasteiger partial charge in [0.1, 0.15) is 5.78 Å². The molecule has 7 rings (SSSR count). The number of unbranched alkanes of at least 4 members (excludes halogenated alkanes) is 6. The normalized spacial score (nSPS) is 12.4. The topological polar surface area (TPSA) is 193 Å². The maximum absolute atomic E-state index is 12.7. The van der Waals surface area contributed by atoms with Gasteiger partial charge in [-0.25, -0.2) is 0 Å². The largest absolute Gasteiger partial charge is 0.481 e. The fraction of sp³-hybridized carbons (Fsp3) is 0.433. The van der Waals surface area contributed by atoms with Crippen LogP contribution in [0.1, 0.15) is 128 Å². The van der Waals surface area contributed by atoms with Gasteiger partial charge in [0.2, 0.25) is 0 Å². The Morgan fingerprint density at radius 2 is 1.14 bits per heavy atom. The second-order valence-electron chi connectivity index (χ2n) is 20.1. The lowest BCUT2D eigenvalue weighted by Gasteiger charge is -2.36. The molecule has 0 radical (unpaired) electrons. The molecule has 1 saturated heterocycles. The number of hydroxylamine groups is 2. The van der Waals surface area contributed by atoms with Crippen LogP contribution in [-0.2, 0) is 49.3 Å². The Balaban J connectivity index is 0.000000250. The molecule has 13 heteroatoms. The van der Waals surface area contributed by atoms with E-state index in [-0.39, 0.29) is 41.8 Å². The van der Waals surface area contributed by atoms with E-state index in [1.807, 2.05) is 79.0 Å². The molecule has 2 aromatic heterocycles. The molecule has 6 aromatic rings. The zero-order chi connectivity index (χ0) is 53.4. The van der Waals surface area contributed by atoms with Gasteiger partial charge in [-0.05, 0) is 94.9 Å². The average Bonchev–Trinajstić information content (AvgIpc) is 3.66. The zero-order valence-corrected chi connectivity index (χ0v) is 45.4. The van der Waals surface area contributed by atoms with Gasteiger partial charge in [0.15, 0.2) is 8.32 Å². The first-order valence-electron chi connectivity index (χ1n) is 26.1. The van der Waals surface area contributed by atoms with Crippen molar-refractivity contribution in [2.45, 2.75) is 149 Å². The number of carboxylic acid groups (broad SMARTS) is 1. The summed E-state index contributed by atoms with van der Waals surface area (Å²) in [6, 6.07) is 32.5. The first-order valence-corrected chi connectivity index (χ1v) is 29.0. The highest BCUT2D eigenvalue weighted by Crippen LogP contribution is 2.38. The number of Topliss-reactive ketones (excluding diaryl/α,β-unsaturated/α-hetero) is 1. The first-order chi connectivity index (χ1) is 35.0. The molecule has 392 valence electrons. The van der Waals surface area contributed by atoms with Gasteiger partial charge >= 0.3 is 5.97 Å². The molecule has 0 saturated carbocycles. The van der Waals surface area contributed by atoms with Crippen molar-refractivity contribution in [3.63, 3.8) is 0 Å². The van der Waals surface area contributed by atoms with Crippen LogP contribution in [0.25, 0.3) is 44.1 Å². The van der Waals surface area contributed by atoms with Crippen molar-refractivity contribution in [2.75, 3.05) is 19.8 Å². The number of aliphatic hydroxyl groups excluding tert-OH is 1. The fourth-order valence-corrected chi connectivity index (χ4v) is 9.36. The summed E-state index contributed by atoms with van der Waals surface area (Å²) in [5.74, 6) is -1.58. The SMILES string of the molecule is CC(C)(C)[Si](C)(C)OCCc1cccc2c(-c3ccccc3)c(CC(=O)O)cnc12.CCCCCCCC(=O)Cc1cnc2c(CCO)cccc2c1-c1ccccc1.CCCCCN.O=C1CCC(=O)N1O. The van der Waals surface area contributed by atoms with Crippen molar-refractivity contribution in [1.29, 1.82) is 0 Å². The van der Waals surface area contributed by atoms with Gasteiger partial charge < -0.3 is 20.4 Å². The molecule has 0 spiro atoms. The molecule has 3 heterocycles. The van der Waals surface area contributed by atoms with E-state index in [1.54, 1.807) is 6.20 Å². The number of fused-ring (bicyclic) bond motifs is 2. The molecule has 5 N–H and O–H groups in total. The van der Waals surface area contributed by atoms with Crippen LogP contribution < -0.4 is 5.73 Å². The molecule has 1 aliphatic heterocycles. The van der Waals surface area contributed by atoms with Crippen LogP contribution in [0, 0.1) is 0 Å². The molecule has 0 aliphatic carbocycles. The molecule has 0 atom stereocenters. The Morgan fingerprint density at radius 3 is 1.56 bits per heavy atom. The van der Waals surface area contributed by atoms with Crippen molar-refractivity contribution in [1.82, 2.24) is 15.0 Å². The lowest BCUT2D eigenvalue weighted by molar-refractivity contribution is -0.171. The molecule has 1 fully saturated rings. The summed E-state index contributed by atoms with van der Waals surface area (Å²) in [4.78, 5) is 54.0. The van der Waals surface area contributed by atoms with Gasteiger partial charge in [0.05, 0.1) is 17.5 Å². The standard InChI is InChI=1S/C26H31NO2.C25H31NO3Si.C5H13N.C4H5NO3/c1-2-3-4-5-9-14-23(29)18-22-19-27-26-21(16-17-28)13-10-15-24(26)25(22)20-11-7-6-8-12-20;1-25(2,3)30(4,5)29-15-14-19-12-9-13-21-23(18-10-7-6-8-11-18)20(16-22(27)28)17-26-24(19)21;1-2-3-4-5-6;6-3-1-2-4(7)5(3)8/h6-8,10-13,15,19,28H,2-5,9,14,16-18H2,1H3;6-13,17H,14-16H2,1-5H3,(H,27,28);2-6H2,1H3;8H,1-2H2. The Bertz CT molecular complexity index is 2670. The number of benzene rings is 4. The van der Waals surface area contributed by atoms with E-state index in [9.17, 15) is 29.4 Å². The smallest absolute Gasteiger partial charge is 0.307 e. The van der Waals surface area contributed by atoms with Crippen molar-refractivity contribution in [3.05, 3.63) is 132 Å². The van der Waals surface area contributed by atoms with E-state index in [0.717, 1.165) is 92.1 Å². The Morgan fingerprint density at radius 1 is 0.658 bits per heavy atom. The van der Waals surface area contributed by atoms with Crippen molar-refractivity contribution in [3.8, 4) is 22.3 Å². The van der Waals surface area contributed by atoms with Gasteiger partial charge in [-0.2, -0.15) is 5.06 Å². The van der Waals surface area contributed by atoms with E-state index in [4.69, 9.17) is 20.4 Å². The first kappa shape index (κ1) is 59.6. The number of pyridine rings is 2. The van der Waals surface area contributed by atoms with Gasteiger partial charge in [-0.15, -0.1) is 0 Å². The number of aliphatic hydroxyl groups is 1. The number of aliphatic carboxylic acids is 1. The molecule has 12 nitrogen and oxygen atoms in total. The van der Waals surface area contributed by atoms with Crippen LogP contribution in [-0.4, -0.2) is 82.1 Å². The summed E-state index contributed by atoms with van der Waals surface area (Å²) in [6.07, 6.45) is 15.8. The number of carbonyl (C=O) groups is 4. The lowest BCUT2D eigenvalue weighted by atomic mass is 9.91. The summed E-state index contributed by atoms with van der Waals surface area (Å²) in [5, 5.41) is 29.6. The van der Waals surface area contributed by atoms with Gasteiger partial charge in [-0.1, -0.05) is 170 Å². The third-order valence-corrected chi connectivity index (χ3v) is 17.9. The number of imide groups is 1. The van der Waals surface area contributed by atoms with Gasteiger partial charge in [0, 0.05) is 62.1 Å². The minimum Gasteiger partial charge on any atom is -0.481 e. The highest BCUT2D eigenvalue weighted by molar-refractivity contribution is 6.74. The highest BCUT2D eigenvalue weighted by atomic mass is 28.4. The number of para-hydroxylation sites is 2. The molecule has 2 amide bonds. The van der Waals surface area contributed by atoms with E-state index < -0.39 is 26.1 Å². The Kier molecular flexibility index (Phi) is 24.7. The number of carboxylic acids is 1. The maximum atomic E-state index is 12.7. The second-order valence-corrected chi connectivity index (χ2v) is 24.9. The molecule has 73 heavy (non-hydrogen) atoms. The van der Waals surface area contributed by atoms with Crippen LogP contribution in [0.2, 0.25) is 18.1 Å². The van der Waals surface area contributed by atoms with Crippen molar-refractivity contribution < 1.29 is 39.0 Å². The van der Waals surface area contributed by atoms with Gasteiger partial charge in [-0.3, -0.25) is 34.4 Å². The van der Waals surface area contributed by atoms with E-state index in [2.05, 4.69) is 77.0 Å². The number of nitrogens with zero attached hydrogens (tertiary/aromatic N) is 3. The average molecular weight is 1010 g/mol. The number of amides is 2. The second kappa shape index (κ2) is 30.3. The molecular formula is C60H80N4O8Si. The zero-order valence-electron chi connectivity index (χ0n) is 44.4. The molecule has 0 bridgehead atoms. The summed E-state index contributed by atoms with van der Waals surface area (Å²) < 4.78 is 6.37. The third kappa shape index (κ3) is 18.2. The minimum absolute atomic E-state index is 0.0497. The lowest BCUT2D eigenvalue weighted by Crippen LogP contribution is -2.41. The molecular weight excluding hydrogens is 933 g/mol. The number of nitrogens with two attached hydrogens (primary N) is 1. The van der Waals surface area contributed by atoms with Gasteiger partial charge in [0.25, 0.3) is 11.8 Å². The Labute approximate surface area is 434 Å². The van der Waals surface area contributed by atoms with E-state index in [0.29, 0.717) is 25.9 Å². The van der Waals surface area contributed by atoms with Crippen molar-refractivity contribution >= 4 is 53.7 Å². The summed E-state index contributed by atoms with van der Waals surface area (Å²) in [5.41, 5.74) is 15.1. The summed E-state index contributed by atoms with van der Waals surface area (Å²) in [7, 11) is -1.80. The van der Waals surface area contributed by atoms with Crippen molar-refractivity contribution in [2.24, 2.45) is 5.73 Å². The predicted octanol–water partition coefficient (Wildman–Crippen LogP) is 12.7. The highest BCUT2D eigenvalue weighted by Gasteiger charge is 2.37. The summed E-state index contributed by atoms with van der Waals surface area (Å²) >= 11 is 0. The van der Waals surface area contributed by atoms with Crippen LogP contribution in [0.5, 0.6) is 0 Å². The van der Waals surface area contributed by atoms with Crippen LogP contribution >= 0.6 is 0 Å². The van der Waals surface area contributed by atoms with Crippen LogP contribution in [0.3, 0.4) is 0 Å². The predicted molar refractivity (Wildman–Crippen MR) is 297 cm³/mol. The summed E-state index contributed by atoms with van der Waals surface area (Å²) in [6.45, 7) is 17.3. The fourth-order valence-electron chi connectivity index (χ4n) is 8.32. The molecule has 1 aliphatic rings. The molecule has 4 aromatic carbocycles. The number of hydrogen-bond acceptors (Lipinski definition) is 10. The van der Waals surface area contributed by atoms with E-state index >= 15 is 0 Å². The minimum atomic E-state index is -1.80. The third-order valence-electron chi connectivity index (χ3n) is 13.4. The monoisotopic (exact) mass is 1010 g/mol. The van der Waals surface area contributed by atoms with Crippen LogP contribution in [0.15, 0.2) is 109 Å². The number of rotatable bonds is 21.